The second-order valence-electron chi connectivity index (χ2n) is 4.88. The lowest BCUT2D eigenvalue weighted by atomic mass is 10.2. The number of nitrogens with one attached hydrogen (secondary N) is 1. The van der Waals surface area contributed by atoms with Crippen LogP contribution in [0.4, 0.5) is 5.69 Å². The number of nitrogens with zero attached hydrogens (tertiary/aromatic N) is 1. The molecule has 0 saturated carbocycles. The summed E-state index contributed by atoms with van der Waals surface area (Å²) in [4.78, 5) is 25.1. The number of benzene rings is 1. The van der Waals surface area contributed by atoms with Crippen molar-refractivity contribution in [2.45, 2.75) is 25.8 Å². The lowest BCUT2D eigenvalue weighted by molar-refractivity contribution is -0.121. The van der Waals surface area contributed by atoms with E-state index in [4.69, 9.17) is 5.73 Å². The third-order valence-electron chi connectivity index (χ3n) is 3.09. The van der Waals surface area contributed by atoms with Gasteiger partial charge in [-0.3, -0.25) is 9.59 Å². The Balaban J connectivity index is 0.00000200. The number of carbonyl (C=O) groups excluding carboxylic acids is 2. The fourth-order valence-corrected chi connectivity index (χ4v) is 2.23. The predicted octanol–water partition coefficient (Wildman–Crippen LogP) is 0.851. The van der Waals surface area contributed by atoms with Crippen molar-refractivity contribution < 1.29 is 9.59 Å². The molecule has 0 aromatic heterocycles. The van der Waals surface area contributed by atoms with Crippen LogP contribution in [0.2, 0.25) is 0 Å². The van der Waals surface area contributed by atoms with Gasteiger partial charge in [0.25, 0.3) is 0 Å². The summed E-state index contributed by atoms with van der Waals surface area (Å²) in [5.74, 6) is 0.0116. The number of carbonyl (C=O) groups is 2. The van der Waals surface area contributed by atoms with Crippen LogP contribution in [0.5, 0.6) is 0 Å². The minimum absolute atomic E-state index is 0. The molecular weight excluding hydrogens is 278 g/mol. The number of rotatable bonds is 5. The highest BCUT2D eigenvalue weighted by molar-refractivity contribution is 6.01. The summed E-state index contributed by atoms with van der Waals surface area (Å²) >= 11 is 0. The van der Waals surface area contributed by atoms with E-state index in [-0.39, 0.29) is 30.3 Å². The molecule has 0 bridgehead atoms. The summed E-state index contributed by atoms with van der Waals surface area (Å²) in [5.41, 5.74) is 7.55. The zero-order valence-electron chi connectivity index (χ0n) is 11.5. The lowest BCUT2D eigenvalue weighted by Gasteiger charge is -2.17. The SMILES string of the molecule is CC(N)CC(=O)NCCN1C(=O)Cc2ccccc21.Cl. The molecule has 5 nitrogen and oxygen atoms in total. The van der Waals surface area contributed by atoms with Crippen molar-refractivity contribution >= 4 is 29.9 Å². The van der Waals surface area contributed by atoms with E-state index in [2.05, 4.69) is 5.32 Å². The first-order valence-electron chi connectivity index (χ1n) is 6.48. The highest BCUT2D eigenvalue weighted by Crippen LogP contribution is 2.27. The Morgan fingerprint density at radius 1 is 1.45 bits per heavy atom. The highest BCUT2D eigenvalue weighted by Gasteiger charge is 2.26. The molecule has 0 radical (unpaired) electrons. The Labute approximate surface area is 124 Å². The first-order chi connectivity index (χ1) is 9.08. The van der Waals surface area contributed by atoms with Crippen molar-refractivity contribution in [3.63, 3.8) is 0 Å². The first kappa shape index (κ1) is 16.5. The molecule has 3 N–H and O–H groups in total. The molecule has 1 aliphatic rings. The first-order valence-corrected chi connectivity index (χ1v) is 6.48. The van der Waals surface area contributed by atoms with E-state index in [0.29, 0.717) is 25.9 Å². The smallest absolute Gasteiger partial charge is 0.231 e. The van der Waals surface area contributed by atoms with Gasteiger partial charge in [-0.2, -0.15) is 0 Å². The number of fused-ring (bicyclic) bond motifs is 1. The molecule has 0 saturated heterocycles. The second kappa shape index (κ2) is 7.26. The van der Waals surface area contributed by atoms with Gasteiger partial charge in [0.15, 0.2) is 0 Å². The number of halogens is 1. The van der Waals surface area contributed by atoms with Gasteiger partial charge in [-0.25, -0.2) is 0 Å². The third-order valence-corrected chi connectivity index (χ3v) is 3.09. The van der Waals surface area contributed by atoms with E-state index < -0.39 is 0 Å². The number of amides is 2. The molecule has 0 fully saturated rings. The minimum Gasteiger partial charge on any atom is -0.354 e. The minimum atomic E-state index is -0.144. The molecule has 2 rings (SSSR count). The Bertz CT molecular complexity index is 491. The maximum absolute atomic E-state index is 11.9. The van der Waals surface area contributed by atoms with Crippen LogP contribution in [0.3, 0.4) is 0 Å². The monoisotopic (exact) mass is 297 g/mol. The fourth-order valence-electron chi connectivity index (χ4n) is 2.23. The summed E-state index contributed by atoms with van der Waals surface area (Å²) in [6.45, 7) is 2.74. The van der Waals surface area contributed by atoms with Crippen LogP contribution < -0.4 is 16.0 Å². The Hall–Kier alpha value is -1.59. The van der Waals surface area contributed by atoms with Crippen LogP contribution in [0, 0.1) is 0 Å². The largest absolute Gasteiger partial charge is 0.354 e. The molecule has 110 valence electrons. The van der Waals surface area contributed by atoms with Crippen molar-refractivity contribution in [1.82, 2.24) is 5.32 Å². The zero-order valence-corrected chi connectivity index (χ0v) is 12.3. The quantitative estimate of drug-likeness (QED) is 0.846. The van der Waals surface area contributed by atoms with Gasteiger partial charge in [0.1, 0.15) is 0 Å². The molecular formula is C14H20ClN3O2. The molecule has 20 heavy (non-hydrogen) atoms. The zero-order chi connectivity index (χ0) is 13.8. The predicted molar refractivity (Wildman–Crippen MR) is 81.0 cm³/mol. The van der Waals surface area contributed by atoms with Gasteiger partial charge in [-0.15, -0.1) is 12.4 Å². The molecule has 1 atom stereocenters. The Morgan fingerprint density at radius 2 is 2.15 bits per heavy atom. The Morgan fingerprint density at radius 3 is 2.85 bits per heavy atom. The van der Waals surface area contributed by atoms with E-state index in [1.807, 2.05) is 24.3 Å². The van der Waals surface area contributed by atoms with Gasteiger partial charge >= 0.3 is 0 Å². The van der Waals surface area contributed by atoms with Gasteiger partial charge in [0.2, 0.25) is 11.8 Å². The number of nitrogens with two attached hydrogens (primary N) is 1. The van der Waals surface area contributed by atoms with Crippen LogP contribution in [0.25, 0.3) is 0 Å². The van der Waals surface area contributed by atoms with Crippen LogP contribution in [-0.4, -0.2) is 30.9 Å². The molecule has 1 aliphatic heterocycles. The number of para-hydroxylation sites is 1. The molecule has 2 amide bonds. The number of anilines is 1. The van der Waals surface area contributed by atoms with Gasteiger partial charge in [0, 0.05) is 31.2 Å². The summed E-state index contributed by atoms with van der Waals surface area (Å²) in [7, 11) is 0. The van der Waals surface area contributed by atoms with Crippen LogP contribution in [0.1, 0.15) is 18.9 Å². The summed E-state index contributed by atoms with van der Waals surface area (Å²) in [6, 6.07) is 7.60. The average molecular weight is 298 g/mol. The van der Waals surface area contributed by atoms with Gasteiger partial charge < -0.3 is 16.0 Å². The normalized spacial score (nSPS) is 14.5. The fraction of sp³-hybridized carbons (Fsp3) is 0.429. The lowest BCUT2D eigenvalue weighted by Crippen LogP contribution is -2.38. The number of hydrogen-bond donors (Lipinski definition) is 2. The van der Waals surface area contributed by atoms with E-state index in [1.54, 1.807) is 11.8 Å². The molecule has 1 aromatic rings. The van der Waals surface area contributed by atoms with Crippen molar-refractivity contribution in [2.24, 2.45) is 5.73 Å². The average Bonchev–Trinajstić information content (AvgIpc) is 2.65. The van der Waals surface area contributed by atoms with E-state index in [1.165, 1.54) is 0 Å². The summed E-state index contributed by atoms with van der Waals surface area (Å²) in [5, 5.41) is 2.78. The van der Waals surface area contributed by atoms with Gasteiger partial charge in [-0.1, -0.05) is 18.2 Å². The third kappa shape index (κ3) is 3.95. The van der Waals surface area contributed by atoms with Gasteiger partial charge in [0.05, 0.1) is 6.42 Å². The second-order valence-corrected chi connectivity index (χ2v) is 4.88. The summed E-state index contributed by atoms with van der Waals surface area (Å²) < 4.78 is 0. The van der Waals surface area contributed by atoms with E-state index >= 15 is 0 Å². The van der Waals surface area contributed by atoms with E-state index in [0.717, 1.165) is 11.3 Å². The number of hydrogen-bond acceptors (Lipinski definition) is 3. The molecule has 0 aliphatic carbocycles. The standard InChI is InChI=1S/C14H19N3O2.ClH/c1-10(15)8-13(18)16-6-7-17-12-5-3-2-4-11(12)9-14(17)19;/h2-5,10H,6-9,15H2,1H3,(H,16,18);1H. The highest BCUT2D eigenvalue weighted by atomic mass is 35.5. The topological polar surface area (TPSA) is 75.4 Å². The molecule has 6 heteroatoms. The summed E-state index contributed by atoms with van der Waals surface area (Å²) in [6.07, 6.45) is 0.758. The molecule has 1 heterocycles. The van der Waals surface area contributed by atoms with Crippen molar-refractivity contribution in [3.05, 3.63) is 29.8 Å². The molecule has 1 aromatic carbocycles. The van der Waals surface area contributed by atoms with Crippen LogP contribution in [-0.2, 0) is 16.0 Å². The maximum Gasteiger partial charge on any atom is 0.231 e. The van der Waals surface area contributed by atoms with E-state index in [9.17, 15) is 9.59 Å². The van der Waals surface area contributed by atoms with Gasteiger partial charge in [-0.05, 0) is 18.6 Å². The molecule has 0 spiro atoms. The van der Waals surface area contributed by atoms with Crippen molar-refractivity contribution in [1.29, 1.82) is 0 Å². The van der Waals surface area contributed by atoms with Crippen LogP contribution in [0.15, 0.2) is 24.3 Å². The maximum atomic E-state index is 11.9. The van der Waals surface area contributed by atoms with Crippen LogP contribution >= 0.6 is 12.4 Å². The molecule has 1 unspecified atom stereocenters. The van der Waals surface area contributed by atoms with Crippen molar-refractivity contribution in [3.8, 4) is 0 Å². The van der Waals surface area contributed by atoms with Crippen molar-refractivity contribution in [2.75, 3.05) is 18.0 Å². The Kier molecular flexibility index (Phi) is 5.98.